The third kappa shape index (κ3) is 1.94. The maximum atomic E-state index is 11.2. The van der Waals surface area contributed by atoms with E-state index < -0.39 is 5.97 Å². The molecule has 0 aromatic carbocycles. The maximum absolute atomic E-state index is 11.2. The molecule has 0 aliphatic carbocycles. The zero-order valence-electron chi connectivity index (χ0n) is 10.8. The lowest BCUT2D eigenvalue weighted by Gasteiger charge is -2.00. The summed E-state index contributed by atoms with van der Waals surface area (Å²) in [4.78, 5) is 23.5. The number of hydrogen-bond donors (Lipinski definition) is 2. The molecule has 0 atom stereocenters. The first-order valence-corrected chi connectivity index (χ1v) is 6.76. The van der Waals surface area contributed by atoms with Gasteiger partial charge in [-0.05, 0) is 23.5 Å². The van der Waals surface area contributed by atoms with Gasteiger partial charge in [-0.25, -0.2) is 14.8 Å². The van der Waals surface area contributed by atoms with Gasteiger partial charge in [0.05, 0.1) is 16.8 Å². The van der Waals surface area contributed by atoms with Crippen LogP contribution < -0.4 is 0 Å². The number of hydrogen-bond acceptors (Lipinski definition) is 6. The predicted molar refractivity (Wildman–Crippen MR) is 73.8 cm³/mol. The van der Waals surface area contributed by atoms with Crippen LogP contribution in [-0.2, 0) is 0 Å². The molecule has 20 heavy (non-hydrogen) atoms. The molecule has 3 heterocycles. The van der Waals surface area contributed by atoms with Crippen LogP contribution in [0.15, 0.2) is 12.3 Å². The van der Waals surface area contributed by atoms with Gasteiger partial charge in [0.2, 0.25) is 0 Å². The standard InChI is InChI=1S/C12H11N5O2S/c1-5(2)7-9(20-17-16-7)11-14-8-6(12(18)19)3-4-13-10(8)15-11/h3-5H,1-2H3,(H,18,19)(H,13,14,15). The Kier molecular flexibility index (Phi) is 2.94. The van der Waals surface area contributed by atoms with Gasteiger partial charge < -0.3 is 10.1 Å². The van der Waals surface area contributed by atoms with Crippen LogP contribution in [-0.4, -0.2) is 35.6 Å². The number of nitrogens with zero attached hydrogens (tertiary/aromatic N) is 4. The first-order valence-electron chi connectivity index (χ1n) is 5.98. The van der Waals surface area contributed by atoms with E-state index in [9.17, 15) is 4.79 Å². The monoisotopic (exact) mass is 289 g/mol. The topological polar surface area (TPSA) is 105 Å². The largest absolute Gasteiger partial charge is 0.478 e. The van der Waals surface area contributed by atoms with Crippen molar-refractivity contribution < 1.29 is 9.90 Å². The summed E-state index contributed by atoms with van der Waals surface area (Å²) in [6, 6.07) is 1.45. The molecule has 0 saturated carbocycles. The summed E-state index contributed by atoms with van der Waals surface area (Å²) in [5, 5.41) is 13.3. The molecule has 8 heteroatoms. The molecule has 0 bridgehead atoms. The van der Waals surface area contributed by atoms with Crippen LogP contribution in [0.2, 0.25) is 0 Å². The van der Waals surface area contributed by atoms with Crippen LogP contribution >= 0.6 is 11.5 Å². The molecule has 0 fully saturated rings. The number of fused-ring (bicyclic) bond motifs is 1. The van der Waals surface area contributed by atoms with Crippen molar-refractivity contribution >= 4 is 28.7 Å². The Morgan fingerprint density at radius 1 is 1.45 bits per heavy atom. The van der Waals surface area contributed by atoms with E-state index in [1.807, 2.05) is 13.8 Å². The van der Waals surface area contributed by atoms with Gasteiger partial charge in [0.25, 0.3) is 0 Å². The van der Waals surface area contributed by atoms with Crippen LogP contribution in [0, 0.1) is 0 Å². The summed E-state index contributed by atoms with van der Waals surface area (Å²) in [6.07, 6.45) is 1.44. The minimum absolute atomic E-state index is 0.150. The molecule has 3 aromatic rings. The van der Waals surface area contributed by atoms with Gasteiger partial charge in [0.15, 0.2) is 11.5 Å². The Morgan fingerprint density at radius 2 is 2.25 bits per heavy atom. The fourth-order valence-corrected chi connectivity index (χ4v) is 2.70. The zero-order chi connectivity index (χ0) is 14.3. The number of aromatic amines is 1. The highest BCUT2D eigenvalue weighted by Crippen LogP contribution is 2.30. The third-order valence-electron chi connectivity index (χ3n) is 2.90. The minimum Gasteiger partial charge on any atom is -0.478 e. The summed E-state index contributed by atoms with van der Waals surface area (Å²) >= 11 is 1.23. The molecular weight excluding hydrogens is 278 g/mol. The van der Waals surface area contributed by atoms with E-state index in [2.05, 4.69) is 24.5 Å². The Hall–Kier alpha value is -2.35. The van der Waals surface area contributed by atoms with Gasteiger partial charge in [0, 0.05) is 6.20 Å². The number of nitrogens with one attached hydrogen (secondary N) is 1. The molecule has 3 aromatic heterocycles. The Morgan fingerprint density at radius 3 is 2.95 bits per heavy atom. The number of aromatic carboxylic acids is 1. The van der Waals surface area contributed by atoms with Gasteiger partial charge in [-0.2, -0.15) is 0 Å². The molecule has 0 amide bonds. The number of H-pyrrole nitrogens is 1. The lowest BCUT2D eigenvalue weighted by molar-refractivity contribution is 0.0698. The first-order chi connectivity index (χ1) is 9.58. The van der Waals surface area contributed by atoms with Crippen molar-refractivity contribution in [1.82, 2.24) is 24.5 Å². The Balaban J connectivity index is 2.21. The highest BCUT2D eigenvalue weighted by atomic mass is 32.1. The number of rotatable bonds is 3. The fraction of sp³-hybridized carbons (Fsp3) is 0.250. The van der Waals surface area contributed by atoms with Gasteiger partial charge in [-0.15, -0.1) is 5.10 Å². The van der Waals surface area contributed by atoms with Crippen LogP contribution in [0.5, 0.6) is 0 Å². The maximum Gasteiger partial charge on any atom is 0.338 e. The van der Waals surface area contributed by atoms with Crippen LogP contribution in [0.1, 0.15) is 35.8 Å². The molecule has 0 aliphatic rings. The average Bonchev–Trinajstić information content (AvgIpc) is 3.03. The van der Waals surface area contributed by atoms with Gasteiger partial charge in [-0.1, -0.05) is 18.3 Å². The third-order valence-corrected chi connectivity index (χ3v) is 3.65. The fourth-order valence-electron chi connectivity index (χ4n) is 1.94. The van der Waals surface area contributed by atoms with Crippen LogP contribution in [0.25, 0.3) is 21.9 Å². The van der Waals surface area contributed by atoms with E-state index in [-0.39, 0.29) is 11.5 Å². The smallest absolute Gasteiger partial charge is 0.338 e. The molecule has 2 N–H and O–H groups in total. The predicted octanol–water partition coefficient (Wildman–Crippen LogP) is 2.30. The normalized spacial score (nSPS) is 11.3. The lowest BCUT2D eigenvalue weighted by atomic mass is 10.1. The highest BCUT2D eigenvalue weighted by molar-refractivity contribution is 7.09. The van der Waals surface area contributed by atoms with E-state index >= 15 is 0 Å². The number of carboxylic acids is 1. The summed E-state index contributed by atoms with van der Waals surface area (Å²) in [5.74, 6) is -0.247. The van der Waals surface area contributed by atoms with Crippen molar-refractivity contribution in [1.29, 1.82) is 0 Å². The van der Waals surface area contributed by atoms with Crippen molar-refractivity contribution in [3.8, 4) is 10.7 Å². The Bertz CT molecular complexity index is 792. The lowest BCUT2D eigenvalue weighted by Crippen LogP contribution is -1.97. The number of imidazole rings is 1. The van der Waals surface area contributed by atoms with Gasteiger partial charge in [-0.3, -0.25) is 0 Å². The van der Waals surface area contributed by atoms with E-state index in [1.165, 1.54) is 23.8 Å². The second-order valence-corrected chi connectivity index (χ2v) is 5.34. The molecule has 7 nitrogen and oxygen atoms in total. The molecule has 0 unspecified atom stereocenters. The SMILES string of the molecule is CC(C)c1nnsc1-c1nc2nccc(C(=O)O)c2[nH]1. The molecule has 0 spiro atoms. The van der Waals surface area contributed by atoms with Crippen LogP contribution in [0.3, 0.4) is 0 Å². The number of pyridine rings is 1. The van der Waals surface area contributed by atoms with Crippen molar-refractivity contribution in [3.63, 3.8) is 0 Å². The molecule has 102 valence electrons. The highest BCUT2D eigenvalue weighted by Gasteiger charge is 2.19. The van der Waals surface area contributed by atoms with Crippen LogP contribution in [0.4, 0.5) is 0 Å². The molecule has 0 aliphatic heterocycles. The summed E-state index contributed by atoms with van der Waals surface area (Å²) < 4.78 is 3.94. The molecule has 0 saturated heterocycles. The van der Waals surface area contributed by atoms with Crippen molar-refractivity contribution in [2.45, 2.75) is 19.8 Å². The van der Waals surface area contributed by atoms with E-state index in [0.717, 1.165) is 10.6 Å². The first kappa shape index (κ1) is 12.7. The Labute approximate surface area is 117 Å². The number of carbonyl (C=O) groups is 1. The minimum atomic E-state index is -1.01. The molecular formula is C12H11N5O2S. The second-order valence-electron chi connectivity index (χ2n) is 4.59. The van der Waals surface area contributed by atoms with E-state index in [0.29, 0.717) is 17.0 Å². The van der Waals surface area contributed by atoms with Crippen molar-refractivity contribution in [2.24, 2.45) is 0 Å². The average molecular weight is 289 g/mol. The second kappa shape index (κ2) is 4.64. The quantitative estimate of drug-likeness (QED) is 0.766. The number of carboxylic acid groups (broad SMARTS) is 1. The molecule has 3 rings (SSSR count). The molecule has 0 radical (unpaired) electrons. The van der Waals surface area contributed by atoms with Crippen molar-refractivity contribution in [3.05, 3.63) is 23.5 Å². The van der Waals surface area contributed by atoms with Crippen molar-refractivity contribution in [2.75, 3.05) is 0 Å². The van der Waals surface area contributed by atoms with E-state index in [1.54, 1.807) is 0 Å². The summed E-state index contributed by atoms with van der Waals surface area (Å²) in [7, 11) is 0. The van der Waals surface area contributed by atoms with Gasteiger partial charge in [0.1, 0.15) is 4.88 Å². The van der Waals surface area contributed by atoms with Gasteiger partial charge >= 0.3 is 5.97 Å². The number of aromatic nitrogens is 5. The summed E-state index contributed by atoms with van der Waals surface area (Å²) in [6.45, 7) is 4.04. The zero-order valence-corrected chi connectivity index (χ0v) is 11.6. The summed E-state index contributed by atoms with van der Waals surface area (Å²) in [5.41, 5.74) is 1.78. The van der Waals surface area contributed by atoms with E-state index in [4.69, 9.17) is 5.11 Å².